The minimum absolute atomic E-state index is 0.136. The highest BCUT2D eigenvalue weighted by Gasteiger charge is 2.16. The van der Waals surface area contributed by atoms with Crippen molar-refractivity contribution in [3.63, 3.8) is 0 Å². The van der Waals surface area contributed by atoms with Crippen LogP contribution in [0.1, 0.15) is 30.9 Å². The predicted molar refractivity (Wildman–Crippen MR) is 95.5 cm³/mol. The average molecular weight is 346 g/mol. The van der Waals surface area contributed by atoms with Gasteiger partial charge >= 0.3 is 0 Å². The molecule has 2 aromatic rings. The van der Waals surface area contributed by atoms with E-state index in [4.69, 9.17) is 0 Å². The predicted octanol–water partition coefficient (Wildman–Crippen LogP) is 3.04. The molecule has 0 spiro atoms. The third kappa shape index (κ3) is 4.43. The summed E-state index contributed by atoms with van der Waals surface area (Å²) in [7, 11) is -3.70. The third-order valence-electron chi connectivity index (χ3n) is 3.67. The number of amides is 1. The summed E-state index contributed by atoms with van der Waals surface area (Å²) in [4.78, 5) is 12.3. The normalized spacial score (nSPS) is 11.5. The number of hydrogen-bond acceptors (Lipinski definition) is 3. The first-order valence-corrected chi connectivity index (χ1v) is 9.23. The maximum Gasteiger partial charge on any atom is 0.241 e. The largest absolute Gasteiger partial charge is 0.324 e. The Kier molecular flexibility index (Phi) is 5.75. The van der Waals surface area contributed by atoms with Crippen LogP contribution in [0, 0.1) is 6.92 Å². The fourth-order valence-corrected chi connectivity index (χ4v) is 3.37. The summed E-state index contributed by atoms with van der Waals surface area (Å²) in [6.45, 7) is 5.68. The monoisotopic (exact) mass is 346 g/mol. The number of aryl methyl sites for hydroxylation is 1. The fourth-order valence-electron chi connectivity index (χ4n) is 2.37. The van der Waals surface area contributed by atoms with E-state index in [0.29, 0.717) is 0 Å². The molecule has 128 valence electrons. The van der Waals surface area contributed by atoms with Crippen molar-refractivity contribution in [3.8, 4) is 0 Å². The van der Waals surface area contributed by atoms with Crippen molar-refractivity contribution in [2.24, 2.45) is 0 Å². The van der Waals surface area contributed by atoms with Crippen molar-refractivity contribution in [2.75, 3.05) is 11.9 Å². The Morgan fingerprint density at radius 1 is 1.04 bits per heavy atom. The van der Waals surface area contributed by atoms with Crippen molar-refractivity contribution in [3.05, 3.63) is 59.7 Å². The van der Waals surface area contributed by atoms with Gasteiger partial charge in [0.05, 0.1) is 11.4 Å². The summed E-state index contributed by atoms with van der Waals surface area (Å²) in [6.07, 6.45) is 0. The molecule has 0 fully saturated rings. The molecular formula is C18H22N2O3S. The first kappa shape index (κ1) is 18.2. The zero-order valence-electron chi connectivity index (χ0n) is 14.0. The molecule has 0 aromatic heterocycles. The fraction of sp³-hybridized carbons (Fsp3) is 0.278. The molecule has 2 N–H and O–H groups in total. The number of hydrogen-bond donors (Lipinski definition) is 2. The number of nitrogens with one attached hydrogen (secondary N) is 2. The summed E-state index contributed by atoms with van der Waals surface area (Å²) in [5.74, 6) is -0.146. The number of rotatable bonds is 6. The van der Waals surface area contributed by atoms with Gasteiger partial charge in [0, 0.05) is 5.69 Å². The Morgan fingerprint density at radius 2 is 1.71 bits per heavy atom. The number of anilines is 1. The van der Waals surface area contributed by atoms with Crippen LogP contribution in [0.4, 0.5) is 5.69 Å². The average Bonchev–Trinajstić information content (AvgIpc) is 2.55. The first-order chi connectivity index (χ1) is 11.3. The van der Waals surface area contributed by atoms with Gasteiger partial charge in [0.25, 0.3) is 0 Å². The van der Waals surface area contributed by atoms with E-state index >= 15 is 0 Å². The zero-order chi connectivity index (χ0) is 17.7. The lowest BCUT2D eigenvalue weighted by Crippen LogP contribution is -2.33. The maximum atomic E-state index is 12.2. The van der Waals surface area contributed by atoms with Crippen LogP contribution in [-0.2, 0) is 14.8 Å². The molecule has 0 atom stereocenters. The van der Waals surface area contributed by atoms with E-state index < -0.39 is 15.9 Å². The number of carbonyl (C=O) groups excluding carboxylic acids is 1. The van der Waals surface area contributed by atoms with Gasteiger partial charge in [-0.05, 0) is 36.1 Å². The smallest absolute Gasteiger partial charge is 0.241 e. The van der Waals surface area contributed by atoms with Crippen LogP contribution in [0.15, 0.2) is 53.4 Å². The second kappa shape index (κ2) is 7.59. The van der Waals surface area contributed by atoms with Crippen molar-refractivity contribution in [1.82, 2.24) is 4.72 Å². The molecule has 0 unspecified atom stereocenters. The van der Waals surface area contributed by atoms with E-state index in [0.717, 1.165) is 16.8 Å². The van der Waals surface area contributed by atoms with E-state index in [1.807, 2.05) is 39.0 Å². The minimum atomic E-state index is -3.70. The van der Waals surface area contributed by atoms with Gasteiger partial charge in [0.1, 0.15) is 0 Å². The van der Waals surface area contributed by atoms with Crippen molar-refractivity contribution in [1.29, 1.82) is 0 Å². The van der Waals surface area contributed by atoms with Crippen LogP contribution in [0.25, 0.3) is 0 Å². The van der Waals surface area contributed by atoms with Crippen molar-refractivity contribution < 1.29 is 13.2 Å². The molecule has 5 nitrogen and oxygen atoms in total. The molecule has 1 amide bonds. The Labute approximate surface area is 143 Å². The highest BCUT2D eigenvalue weighted by molar-refractivity contribution is 7.89. The van der Waals surface area contributed by atoms with Crippen LogP contribution in [-0.4, -0.2) is 20.9 Å². The molecule has 0 aliphatic heterocycles. The molecule has 0 heterocycles. The van der Waals surface area contributed by atoms with Gasteiger partial charge in [-0.1, -0.05) is 50.2 Å². The van der Waals surface area contributed by atoms with Crippen molar-refractivity contribution in [2.45, 2.75) is 31.6 Å². The van der Waals surface area contributed by atoms with E-state index in [1.165, 1.54) is 12.1 Å². The number of carbonyl (C=O) groups is 1. The Balaban J connectivity index is 2.08. The standard InChI is InChI=1S/C18H22N2O3S/c1-13(2)16-11-7-8-14(3)18(16)20-17(21)12-19-24(22,23)15-9-5-4-6-10-15/h4-11,13,19H,12H2,1-3H3,(H,20,21). The van der Waals surface area contributed by atoms with Crippen LogP contribution >= 0.6 is 0 Å². The third-order valence-corrected chi connectivity index (χ3v) is 5.08. The maximum absolute atomic E-state index is 12.2. The van der Waals surface area contributed by atoms with E-state index in [-0.39, 0.29) is 17.4 Å². The van der Waals surface area contributed by atoms with E-state index in [2.05, 4.69) is 10.0 Å². The van der Waals surface area contributed by atoms with E-state index in [1.54, 1.807) is 18.2 Å². The lowest BCUT2D eigenvalue weighted by molar-refractivity contribution is -0.115. The molecule has 0 saturated heterocycles. The van der Waals surface area contributed by atoms with Gasteiger partial charge in [0.15, 0.2) is 0 Å². The molecule has 0 radical (unpaired) electrons. The highest BCUT2D eigenvalue weighted by Crippen LogP contribution is 2.27. The molecule has 6 heteroatoms. The molecular weight excluding hydrogens is 324 g/mol. The SMILES string of the molecule is Cc1cccc(C(C)C)c1NC(=O)CNS(=O)(=O)c1ccccc1. The van der Waals surface area contributed by atoms with E-state index in [9.17, 15) is 13.2 Å². The van der Waals surface area contributed by atoms with Gasteiger partial charge in [-0.3, -0.25) is 4.79 Å². The van der Waals surface area contributed by atoms with Gasteiger partial charge in [0.2, 0.25) is 15.9 Å². The van der Waals surface area contributed by atoms with Gasteiger partial charge in [-0.25, -0.2) is 13.1 Å². The Hall–Kier alpha value is -2.18. The quantitative estimate of drug-likeness (QED) is 0.844. The molecule has 0 aliphatic carbocycles. The molecule has 0 saturated carbocycles. The van der Waals surface area contributed by atoms with Crippen molar-refractivity contribution >= 4 is 21.6 Å². The topological polar surface area (TPSA) is 75.3 Å². The second-order valence-corrected chi connectivity index (χ2v) is 7.65. The minimum Gasteiger partial charge on any atom is -0.324 e. The Bertz CT molecular complexity index is 815. The number of sulfonamides is 1. The molecule has 2 rings (SSSR count). The molecule has 0 bridgehead atoms. The van der Waals surface area contributed by atoms with Crippen LogP contribution in [0.5, 0.6) is 0 Å². The van der Waals surface area contributed by atoms with Crippen LogP contribution in [0.2, 0.25) is 0 Å². The van der Waals surface area contributed by atoms with Crippen LogP contribution < -0.4 is 10.0 Å². The summed E-state index contributed by atoms with van der Waals surface area (Å²) in [6, 6.07) is 13.8. The summed E-state index contributed by atoms with van der Waals surface area (Å²) in [5.41, 5.74) is 2.71. The number of benzene rings is 2. The van der Waals surface area contributed by atoms with Gasteiger partial charge < -0.3 is 5.32 Å². The lowest BCUT2D eigenvalue weighted by Gasteiger charge is -2.16. The molecule has 24 heavy (non-hydrogen) atoms. The first-order valence-electron chi connectivity index (χ1n) is 7.75. The van der Waals surface area contributed by atoms with Crippen LogP contribution in [0.3, 0.4) is 0 Å². The lowest BCUT2D eigenvalue weighted by atomic mass is 9.98. The molecule has 0 aliphatic rings. The summed E-state index contributed by atoms with van der Waals surface area (Å²) >= 11 is 0. The number of para-hydroxylation sites is 1. The summed E-state index contributed by atoms with van der Waals surface area (Å²) < 4.78 is 26.6. The van der Waals surface area contributed by atoms with Gasteiger partial charge in [-0.15, -0.1) is 0 Å². The highest BCUT2D eigenvalue weighted by atomic mass is 32.2. The zero-order valence-corrected chi connectivity index (χ0v) is 14.9. The van der Waals surface area contributed by atoms with Gasteiger partial charge in [-0.2, -0.15) is 0 Å². The summed E-state index contributed by atoms with van der Waals surface area (Å²) in [5, 5.41) is 2.82. The second-order valence-electron chi connectivity index (χ2n) is 5.88. The molecule has 2 aromatic carbocycles. The Morgan fingerprint density at radius 3 is 2.33 bits per heavy atom.